The molecular formula is C20H17F2N5O2S. The zero-order valence-electron chi connectivity index (χ0n) is 15.7. The molecule has 1 aliphatic rings. The van der Waals surface area contributed by atoms with Crippen LogP contribution in [0.25, 0.3) is 11.4 Å². The van der Waals surface area contributed by atoms with Crippen molar-refractivity contribution >= 4 is 28.6 Å². The number of halogens is 2. The molecule has 30 heavy (non-hydrogen) atoms. The Morgan fingerprint density at radius 1 is 0.933 bits per heavy atom. The van der Waals surface area contributed by atoms with Crippen molar-refractivity contribution in [3.05, 3.63) is 65.7 Å². The molecule has 0 aliphatic carbocycles. The van der Waals surface area contributed by atoms with E-state index in [2.05, 4.69) is 14.7 Å². The highest BCUT2D eigenvalue weighted by Gasteiger charge is 2.26. The van der Waals surface area contributed by atoms with Gasteiger partial charge in [0.1, 0.15) is 11.6 Å². The second kappa shape index (κ2) is 8.54. The van der Waals surface area contributed by atoms with Gasteiger partial charge in [-0.2, -0.15) is 9.36 Å². The van der Waals surface area contributed by atoms with Crippen molar-refractivity contribution in [2.75, 3.05) is 31.5 Å². The Kier molecular flexibility index (Phi) is 5.66. The minimum Gasteiger partial charge on any atom is -0.335 e. The van der Waals surface area contributed by atoms with E-state index in [1.165, 1.54) is 35.2 Å². The Balaban J connectivity index is 1.33. The van der Waals surface area contributed by atoms with Crippen LogP contribution in [0, 0.1) is 11.6 Å². The van der Waals surface area contributed by atoms with Crippen molar-refractivity contribution < 1.29 is 18.4 Å². The maximum atomic E-state index is 13.8. The second-order valence-corrected chi connectivity index (χ2v) is 7.37. The fraction of sp³-hybridized carbons (Fsp3) is 0.200. The van der Waals surface area contributed by atoms with E-state index in [9.17, 15) is 18.4 Å². The van der Waals surface area contributed by atoms with E-state index in [1.54, 1.807) is 23.1 Å². The minimum absolute atomic E-state index is 0.0255. The number of benzene rings is 2. The molecule has 1 saturated heterocycles. The maximum Gasteiger partial charge on any atom is 0.323 e. The first kappa shape index (κ1) is 19.9. The Morgan fingerprint density at radius 3 is 2.30 bits per heavy atom. The van der Waals surface area contributed by atoms with Gasteiger partial charge in [0.05, 0.1) is 5.56 Å². The number of urea groups is 1. The molecular weight excluding hydrogens is 412 g/mol. The lowest BCUT2D eigenvalue weighted by Gasteiger charge is -2.34. The third-order valence-corrected chi connectivity index (χ3v) is 5.33. The standard InChI is InChI=1S/C20H17F2N5O2S/c21-14-7-5-13(6-8-14)17-23-19(30-25-17)24-20(29)27-11-9-26(10-12-27)18(28)15-3-1-2-4-16(15)22/h1-8H,9-12H2,(H,23,24,25,29). The summed E-state index contributed by atoms with van der Waals surface area (Å²) in [6, 6.07) is 11.3. The number of piperazine rings is 1. The normalized spacial score (nSPS) is 13.9. The van der Waals surface area contributed by atoms with Crippen molar-refractivity contribution in [1.82, 2.24) is 19.2 Å². The van der Waals surface area contributed by atoms with Crippen LogP contribution in [0.5, 0.6) is 0 Å². The predicted molar refractivity (Wildman–Crippen MR) is 108 cm³/mol. The molecule has 1 aliphatic heterocycles. The lowest BCUT2D eigenvalue weighted by molar-refractivity contribution is 0.0667. The first-order chi connectivity index (χ1) is 14.5. The molecule has 2 heterocycles. The van der Waals surface area contributed by atoms with Gasteiger partial charge in [-0.15, -0.1) is 0 Å². The van der Waals surface area contributed by atoms with Crippen LogP contribution in [0.4, 0.5) is 18.7 Å². The van der Waals surface area contributed by atoms with Gasteiger partial charge in [0, 0.05) is 43.3 Å². The van der Waals surface area contributed by atoms with E-state index >= 15 is 0 Å². The van der Waals surface area contributed by atoms with E-state index in [-0.39, 0.29) is 23.3 Å². The average Bonchev–Trinajstić information content (AvgIpc) is 3.22. The highest BCUT2D eigenvalue weighted by molar-refractivity contribution is 7.10. The third kappa shape index (κ3) is 4.28. The van der Waals surface area contributed by atoms with Gasteiger partial charge < -0.3 is 9.80 Å². The summed E-state index contributed by atoms with van der Waals surface area (Å²) in [5.74, 6) is -0.900. The van der Waals surface area contributed by atoms with Gasteiger partial charge in [0.25, 0.3) is 5.91 Å². The summed E-state index contributed by atoms with van der Waals surface area (Å²) in [5.41, 5.74) is 0.672. The predicted octanol–water partition coefficient (Wildman–Crippen LogP) is 3.47. The largest absolute Gasteiger partial charge is 0.335 e. The smallest absolute Gasteiger partial charge is 0.323 e. The summed E-state index contributed by atoms with van der Waals surface area (Å²) in [5, 5.41) is 3.02. The van der Waals surface area contributed by atoms with E-state index in [4.69, 9.17) is 0 Å². The van der Waals surface area contributed by atoms with Gasteiger partial charge in [-0.25, -0.2) is 13.6 Å². The molecule has 3 amide bonds. The molecule has 0 radical (unpaired) electrons. The average molecular weight is 429 g/mol. The molecule has 7 nitrogen and oxygen atoms in total. The van der Waals surface area contributed by atoms with Gasteiger partial charge in [0.15, 0.2) is 5.82 Å². The van der Waals surface area contributed by atoms with Crippen LogP contribution in [-0.4, -0.2) is 57.3 Å². The zero-order chi connectivity index (χ0) is 21.1. The fourth-order valence-corrected chi connectivity index (χ4v) is 3.66. The first-order valence-electron chi connectivity index (χ1n) is 9.20. The monoisotopic (exact) mass is 429 g/mol. The molecule has 4 rings (SSSR count). The second-order valence-electron chi connectivity index (χ2n) is 6.62. The molecule has 0 unspecified atom stereocenters. The van der Waals surface area contributed by atoms with Crippen molar-refractivity contribution in [3.63, 3.8) is 0 Å². The van der Waals surface area contributed by atoms with E-state index < -0.39 is 5.82 Å². The zero-order valence-corrected chi connectivity index (χ0v) is 16.5. The SMILES string of the molecule is O=C(Nc1nc(-c2ccc(F)cc2)ns1)N1CCN(C(=O)c2ccccc2F)CC1. The summed E-state index contributed by atoms with van der Waals surface area (Å²) in [7, 11) is 0. The number of anilines is 1. The molecule has 1 fully saturated rings. The molecule has 10 heteroatoms. The lowest BCUT2D eigenvalue weighted by Crippen LogP contribution is -2.51. The number of hydrogen-bond donors (Lipinski definition) is 1. The van der Waals surface area contributed by atoms with E-state index in [0.29, 0.717) is 42.7 Å². The first-order valence-corrected chi connectivity index (χ1v) is 9.98. The number of rotatable bonds is 3. The van der Waals surface area contributed by atoms with Crippen LogP contribution >= 0.6 is 11.5 Å². The van der Waals surface area contributed by atoms with Crippen LogP contribution in [0.2, 0.25) is 0 Å². The highest BCUT2D eigenvalue weighted by Crippen LogP contribution is 2.22. The quantitative estimate of drug-likeness (QED) is 0.692. The fourth-order valence-electron chi connectivity index (χ4n) is 3.08. The van der Waals surface area contributed by atoms with Crippen LogP contribution in [0.1, 0.15) is 10.4 Å². The Labute approximate surface area is 175 Å². The molecule has 1 aromatic heterocycles. The van der Waals surface area contributed by atoms with Crippen molar-refractivity contribution in [2.45, 2.75) is 0 Å². The van der Waals surface area contributed by atoms with Gasteiger partial charge in [0.2, 0.25) is 5.13 Å². The van der Waals surface area contributed by atoms with Crippen LogP contribution in [0.3, 0.4) is 0 Å². The summed E-state index contributed by atoms with van der Waals surface area (Å²) >= 11 is 1.03. The summed E-state index contributed by atoms with van der Waals surface area (Å²) in [6.45, 7) is 1.24. The molecule has 2 aromatic carbocycles. The van der Waals surface area contributed by atoms with Crippen molar-refractivity contribution in [1.29, 1.82) is 0 Å². The van der Waals surface area contributed by atoms with Gasteiger partial charge >= 0.3 is 6.03 Å². The number of nitrogens with one attached hydrogen (secondary N) is 1. The number of amides is 3. The number of carbonyl (C=O) groups is 2. The Hall–Kier alpha value is -3.40. The number of aromatic nitrogens is 2. The van der Waals surface area contributed by atoms with Crippen LogP contribution < -0.4 is 5.32 Å². The molecule has 154 valence electrons. The molecule has 0 atom stereocenters. The lowest BCUT2D eigenvalue weighted by atomic mass is 10.1. The molecule has 1 N–H and O–H groups in total. The molecule has 0 saturated carbocycles. The minimum atomic E-state index is -0.559. The van der Waals surface area contributed by atoms with Gasteiger partial charge in [-0.1, -0.05) is 12.1 Å². The van der Waals surface area contributed by atoms with Crippen molar-refractivity contribution in [3.8, 4) is 11.4 Å². The highest BCUT2D eigenvalue weighted by atomic mass is 32.1. The summed E-state index contributed by atoms with van der Waals surface area (Å²) < 4.78 is 31.0. The Morgan fingerprint density at radius 2 is 1.60 bits per heavy atom. The number of hydrogen-bond acceptors (Lipinski definition) is 5. The van der Waals surface area contributed by atoms with Gasteiger partial charge in [-0.05, 0) is 36.4 Å². The van der Waals surface area contributed by atoms with E-state index in [1.807, 2.05) is 0 Å². The topological polar surface area (TPSA) is 78.4 Å². The van der Waals surface area contributed by atoms with E-state index in [0.717, 1.165) is 11.5 Å². The Bertz CT molecular complexity index is 1070. The van der Waals surface area contributed by atoms with Gasteiger partial charge in [-0.3, -0.25) is 10.1 Å². The molecule has 3 aromatic rings. The number of nitrogens with zero attached hydrogens (tertiary/aromatic N) is 4. The summed E-state index contributed by atoms with van der Waals surface area (Å²) in [4.78, 5) is 32.3. The number of carbonyl (C=O) groups excluding carboxylic acids is 2. The molecule has 0 spiro atoms. The van der Waals surface area contributed by atoms with Crippen LogP contribution in [-0.2, 0) is 0 Å². The molecule has 0 bridgehead atoms. The van der Waals surface area contributed by atoms with Crippen LogP contribution in [0.15, 0.2) is 48.5 Å². The summed E-state index contributed by atoms with van der Waals surface area (Å²) in [6.07, 6.45) is 0. The third-order valence-electron chi connectivity index (χ3n) is 4.70. The maximum absolute atomic E-state index is 13.8. The van der Waals surface area contributed by atoms with Crippen molar-refractivity contribution in [2.24, 2.45) is 0 Å².